The van der Waals surface area contributed by atoms with Gasteiger partial charge in [0.2, 0.25) is 0 Å². The van der Waals surface area contributed by atoms with E-state index in [0.717, 1.165) is 41.5 Å². The third-order valence-electron chi connectivity index (χ3n) is 5.38. The Balaban J connectivity index is 2.26. The van der Waals surface area contributed by atoms with Gasteiger partial charge in [0.25, 0.3) is 5.91 Å². The Kier molecular flexibility index (Phi) is 6.22. The van der Waals surface area contributed by atoms with Crippen molar-refractivity contribution >= 4 is 17.6 Å². The average molecular weight is 347 g/mol. The number of aryl methyl sites for hydroxylation is 2. The Labute approximate surface area is 150 Å². The van der Waals surface area contributed by atoms with Crippen LogP contribution in [0.1, 0.15) is 54.6 Å². The van der Waals surface area contributed by atoms with Gasteiger partial charge in [-0.05, 0) is 64.2 Å². The van der Waals surface area contributed by atoms with Crippen molar-refractivity contribution in [2.24, 2.45) is 0 Å². The fourth-order valence-corrected chi connectivity index (χ4v) is 3.64. The zero-order valence-electron chi connectivity index (χ0n) is 16.1. The molecule has 0 aromatic heterocycles. The molecule has 1 heterocycles. The van der Waals surface area contributed by atoms with E-state index < -0.39 is 5.97 Å². The molecule has 5 heteroatoms. The fraction of sp³-hybridized carbons (Fsp3) is 0.600. The minimum Gasteiger partial charge on any atom is -0.462 e. The number of nitrogens with zero attached hydrogens (tertiary/aromatic N) is 1. The summed E-state index contributed by atoms with van der Waals surface area (Å²) in [6.45, 7) is 9.95. The van der Waals surface area contributed by atoms with Crippen LogP contribution in [0.5, 0.6) is 0 Å². The van der Waals surface area contributed by atoms with Gasteiger partial charge in [-0.15, -0.1) is 0 Å². The molecule has 1 saturated heterocycles. The zero-order valence-corrected chi connectivity index (χ0v) is 16.1. The molecule has 138 valence electrons. The number of rotatable bonds is 5. The summed E-state index contributed by atoms with van der Waals surface area (Å²) in [6, 6.07) is 3.60. The monoisotopic (exact) mass is 347 g/mol. The molecule has 0 radical (unpaired) electrons. The summed E-state index contributed by atoms with van der Waals surface area (Å²) in [7, 11) is 2.15. The molecule has 1 unspecified atom stereocenters. The number of piperidine rings is 1. The van der Waals surface area contributed by atoms with Gasteiger partial charge in [0.05, 0.1) is 38.0 Å². The summed E-state index contributed by atoms with van der Waals surface area (Å²) in [4.78, 5) is 25.2. The molecule has 0 spiro atoms. The van der Waals surface area contributed by atoms with Gasteiger partial charge < -0.3 is 14.5 Å². The number of benzene rings is 1. The Hall–Kier alpha value is -1.88. The number of ether oxygens (including phenoxy) is 1. The molecule has 2 rings (SSSR count). The van der Waals surface area contributed by atoms with Crippen molar-refractivity contribution in [2.75, 3.05) is 32.1 Å². The Bertz CT molecular complexity index is 649. The maximum atomic E-state index is 12.9. The first kappa shape index (κ1) is 19.4. The average Bonchev–Trinajstić information content (AvgIpc) is 2.57. The molecule has 1 aliphatic rings. The van der Waals surface area contributed by atoms with Gasteiger partial charge in [-0.2, -0.15) is 0 Å². The van der Waals surface area contributed by atoms with Crippen LogP contribution in [-0.4, -0.2) is 49.1 Å². The number of nitrogens with one attached hydrogen (secondary N) is 1. The predicted molar refractivity (Wildman–Crippen MR) is 99.7 cm³/mol. The van der Waals surface area contributed by atoms with Crippen molar-refractivity contribution in [3.63, 3.8) is 0 Å². The largest absolute Gasteiger partial charge is 0.462 e. The van der Waals surface area contributed by atoms with Crippen LogP contribution < -0.4 is 5.32 Å². The Morgan fingerprint density at radius 2 is 1.84 bits per heavy atom. The Morgan fingerprint density at radius 1 is 1.20 bits per heavy atom. The van der Waals surface area contributed by atoms with Crippen LogP contribution in [0.25, 0.3) is 0 Å². The topological polar surface area (TPSA) is 55.4 Å². The molecule has 1 fully saturated rings. The highest BCUT2D eigenvalue weighted by Gasteiger charge is 2.36. The summed E-state index contributed by atoms with van der Waals surface area (Å²) in [6.07, 6.45) is 3.56. The molecule has 0 aliphatic carbocycles. The van der Waals surface area contributed by atoms with Crippen molar-refractivity contribution in [1.82, 2.24) is 0 Å². The van der Waals surface area contributed by atoms with Crippen molar-refractivity contribution < 1.29 is 18.8 Å². The lowest BCUT2D eigenvalue weighted by atomic mass is 10.0. The van der Waals surface area contributed by atoms with E-state index in [1.807, 2.05) is 26.8 Å². The number of likely N-dealkylation sites (N-methyl/N-ethyl adjacent to an activating group) is 1. The number of hydrogen-bond donors (Lipinski definition) is 1. The van der Waals surface area contributed by atoms with Gasteiger partial charge >= 0.3 is 5.97 Å². The number of quaternary nitrogens is 1. The molecule has 1 aliphatic heterocycles. The summed E-state index contributed by atoms with van der Waals surface area (Å²) in [5, 5.41) is 3.01. The molecular formula is C20H31N2O3+. The quantitative estimate of drug-likeness (QED) is 0.656. The lowest BCUT2D eigenvalue weighted by Crippen LogP contribution is -2.58. The van der Waals surface area contributed by atoms with E-state index in [1.165, 1.54) is 6.42 Å². The van der Waals surface area contributed by atoms with Gasteiger partial charge in [-0.25, -0.2) is 4.79 Å². The van der Waals surface area contributed by atoms with E-state index in [-0.39, 0.29) is 11.9 Å². The minimum absolute atomic E-state index is 0.0399. The van der Waals surface area contributed by atoms with Gasteiger partial charge in [0, 0.05) is 0 Å². The summed E-state index contributed by atoms with van der Waals surface area (Å²) in [5.74, 6) is -0.433. The third-order valence-corrected chi connectivity index (χ3v) is 5.38. The van der Waals surface area contributed by atoms with Crippen LogP contribution in [-0.2, 0) is 9.53 Å². The second-order valence-corrected chi connectivity index (χ2v) is 7.38. The van der Waals surface area contributed by atoms with Crippen LogP contribution in [0, 0.1) is 13.8 Å². The fourth-order valence-electron chi connectivity index (χ4n) is 3.64. The van der Waals surface area contributed by atoms with E-state index in [1.54, 1.807) is 13.0 Å². The van der Waals surface area contributed by atoms with Gasteiger partial charge in [0.15, 0.2) is 6.04 Å². The first-order chi connectivity index (χ1) is 11.8. The summed E-state index contributed by atoms with van der Waals surface area (Å²) < 4.78 is 5.92. The third kappa shape index (κ3) is 4.40. The highest BCUT2D eigenvalue weighted by molar-refractivity contribution is 6.03. The zero-order chi connectivity index (χ0) is 18.6. The second kappa shape index (κ2) is 8.00. The molecule has 1 aromatic rings. The number of esters is 1. The van der Waals surface area contributed by atoms with Gasteiger partial charge in [0.1, 0.15) is 0 Å². The van der Waals surface area contributed by atoms with Crippen LogP contribution in [0.2, 0.25) is 0 Å². The summed E-state index contributed by atoms with van der Waals surface area (Å²) in [5.41, 5.74) is 2.86. The predicted octanol–water partition coefficient (Wildman–Crippen LogP) is 3.44. The van der Waals surface area contributed by atoms with Crippen molar-refractivity contribution in [2.45, 2.75) is 53.0 Å². The number of likely N-dealkylation sites (tertiary alicyclic amines) is 1. The Morgan fingerprint density at radius 3 is 2.44 bits per heavy atom. The summed E-state index contributed by atoms with van der Waals surface area (Å²) >= 11 is 0. The first-order valence-electron chi connectivity index (χ1n) is 9.22. The van der Waals surface area contributed by atoms with Crippen LogP contribution in [0.4, 0.5) is 5.69 Å². The SMILES string of the molecule is CCOC(=O)c1cc(C)cc(C)c1NC(=O)C(C)[N+]1(C)CCCCC1. The molecule has 0 saturated carbocycles. The number of carbonyl (C=O) groups is 2. The van der Waals surface area contributed by atoms with E-state index >= 15 is 0 Å². The number of carbonyl (C=O) groups excluding carboxylic acids is 2. The molecule has 1 N–H and O–H groups in total. The van der Waals surface area contributed by atoms with Crippen LogP contribution >= 0.6 is 0 Å². The molecule has 1 aromatic carbocycles. The van der Waals surface area contributed by atoms with E-state index in [0.29, 0.717) is 17.9 Å². The minimum atomic E-state index is -0.393. The number of amides is 1. The molecule has 0 bridgehead atoms. The molecule has 1 atom stereocenters. The number of hydrogen-bond acceptors (Lipinski definition) is 3. The van der Waals surface area contributed by atoms with Crippen molar-refractivity contribution in [3.8, 4) is 0 Å². The molecule has 25 heavy (non-hydrogen) atoms. The van der Waals surface area contributed by atoms with Crippen molar-refractivity contribution in [3.05, 3.63) is 28.8 Å². The highest BCUT2D eigenvalue weighted by atomic mass is 16.5. The normalized spacial score (nSPS) is 17.6. The molecule has 5 nitrogen and oxygen atoms in total. The van der Waals surface area contributed by atoms with E-state index in [4.69, 9.17) is 4.74 Å². The second-order valence-electron chi connectivity index (χ2n) is 7.38. The maximum absolute atomic E-state index is 12.9. The van der Waals surface area contributed by atoms with Crippen molar-refractivity contribution in [1.29, 1.82) is 0 Å². The standard InChI is InChI=1S/C20H30N2O3/c1-6-25-20(24)17-13-14(2)12-15(3)18(17)21-19(23)16(4)22(5)10-8-7-9-11-22/h12-13,16H,6-11H2,1-5H3/p+1. The molecule has 1 amide bonds. The van der Waals surface area contributed by atoms with Crippen LogP contribution in [0.3, 0.4) is 0 Å². The molecular weight excluding hydrogens is 316 g/mol. The number of anilines is 1. The maximum Gasteiger partial charge on any atom is 0.340 e. The smallest absolute Gasteiger partial charge is 0.340 e. The van der Waals surface area contributed by atoms with Crippen LogP contribution in [0.15, 0.2) is 12.1 Å². The van der Waals surface area contributed by atoms with E-state index in [2.05, 4.69) is 12.4 Å². The van der Waals surface area contributed by atoms with E-state index in [9.17, 15) is 9.59 Å². The van der Waals surface area contributed by atoms with Gasteiger partial charge in [-0.1, -0.05) is 6.07 Å². The lowest BCUT2D eigenvalue weighted by molar-refractivity contribution is -0.926. The first-order valence-corrected chi connectivity index (χ1v) is 9.22. The lowest BCUT2D eigenvalue weighted by Gasteiger charge is -2.41. The highest BCUT2D eigenvalue weighted by Crippen LogP contribution is 2.26. The van der Waals surface area contributed by atoms with Gasteiger partial charge in [-0.3, -0.25) is 4.79 Å².